The van der Waals surface area contributed by atoms with Crippen LogP contribution < -0.4 is 4.74 Å². The molecule has 2 aromatic carbocycles. The first-order chi connectivity index (χ1) is 15.2. The molecule has 0 radical (unpaired) electrons. The van der Waals surface area contributed by atoms with Gasteiger partial charge in [-0.05, 0) is 31.9 Å². The molecule has 2 heterocycles. The first kappa shape index (κ1) is 20.1. The normalized spacial score (nSPS) is 13.5. The van der Waals surface area contributed by atoms with Gasteiger partial charge in [0.1, 0.15) is 12.4 Å². The van der Waals surface area contributed by atoms with Crippen LogP contribution in [-0.2, 0) is 12.4 Å². The summed E-state index contributed by atoms with van der Waals surface area (Å²) in [7, 11) is 0. The van der Waals surface area contributed by atoms with Crippen LogP contribution in [0.2, 0.25) is 5.02 Å². The van der Waals surface area contributed by atoms with Crippen molar-refractivity contribution in [1.29, 1.82) is 0 Å². The zero-order valence-electron chi connectivity index (χ0n) is 16.9. The van der Waals surface area contributed by atoms with Crippen LogP contribution in [-0.4, -0.2) is 24.9 Å². The molecule has 4 aromatic rings. The highest BCUT2D eigenvalue weighted by Gasteiger charge is 2.30. The van der Waals surface area contributed by atoms with E-state index >= 15 is 0 Å². The Hall–Kier alpha value is -2.84. The lowest BCUT2D eigenvalue weighted by Gasteiger charge is -2.10. The van der Waals surface area contributed by atoms with Gasteiger partial charge in [0.2, 0.25) is 11.7 Å². The molecule has 0 atom stereocenters. The van der Waals surface area contributed by atoms with Crippen molar-refractivity contribution in [1.82, 2.24) is 24.9 Å². The maximum atomic E-state index is 6.19. The summed E-state index contributed by atoms with van der Waals surface area (Å²) in [6.45, 7) is 2.36. The summed E-state index contributed by atoms with van der Waals surface area (Å²) in [5, 5.41) is 14.2. The lowest BCUT2D eigenvalue weighted by Crippen LogP contribution is -2.07. The Labute approximate surface area is 188 Å². The molecule has 1 fully saturated rings. The molecule has 2 aromatic heterocycles. The maximum Gasteiger partial charge on any atom is 0.237 e. The van der Waals surface area contributed by atoms with Gasteiger partial charge in [0.15, 0.2) is 11.0 Å². The number of thioether (sulfide) groups is 1. The van der Waals surface area contributed by atoms with Crippen molar-refractivity contribution in [3.63, 3.8) is 0 Å². The van der Waals surface area contributed by atoms with Crippen LogP contribution in [0.5, 0.6) is 5.75 Å². The van der Waals surface area contributed by atoms with E-state index in [1.54, 1.807) is 6.07 Å². The summed E-state index contributed by atoms with van der Waals surface area (Å²) in [5.74, 6) is 3.09. The number of para-hydroxylation sites is 1. The second-order valence-electron chi connectivity index (χ2n) is 7.39. The Bertz CT molecular complexity index is 1190. The van der Waals surface area contributed by atoms with Crippen LogP contribution >= 0.6 is 23.4 Å². The van der Waals surface area contributed by atoms with Crippen molar-refractivity contribution < 1.29 is 9.26 Å². The SMILES string of the molecule is Cc1ccc(-c2noc(CSc3nnc(COc4ccccc4Cl)n3C3CC3)n2)cc1. The number of nitrogens with zero attached hydrogens (tertiary/aromatic N) is 5. The lowest BCUT2D eigenvalue weighted by atomic mass is 10.1. The Morgan fingerprint density at radius 2 is 1.94 bits per heavy atom. The number of aromatic nitrogens is 5. The van der Waals surface area contributed by atoms with Gasteiger partial charge in [-0.15, -0.1) is 10.2 Å². The van der Waals surface area contributed by atoms with Gasteiger partial charge < -0.3 is 9.26 Å². The van der Waals surface area contributed by atoms with E-state index < -0.39 is 0 Å². The fourth-order valence-corrected chi connectivity index (χ4v) is 4.22. The van der Waals surface area contributed by atoms with Crippen LogP contribution in [0.15, 0.2) is 58.2 Å². The zero-order chi connectivity index (χ0) is 21.2. The van der Waals surface area contributed by atoms with Crippen molar-refractivity contribution in [2.24, 2.45) is 0 Å². The Morgan fingerprint density at radius 1 is 1.13 bits per heavy atom. The minimum atomic E-state index is 0.311. The summed E-state index contributed by atoms with van der Waals surface area (Å²) in [6, 6.07) is 15.9. The fraction of sp³-hybridized carbons (Fsp3) is 0.273. The van der Waals surface area contributed by atoms with E-state index in [0.29, 0.717) is 40.9 Å². The Balaban J connectivity index is 1.27. The third-order valence-electron chi connectivity index (χ3n) is 4.94. The Morgan fingerprint density at radius 3 is 2.71 bits per heavy atom. The van der Waals surface area contributed by atoms with Gasteiger partial charge in [0.05, 0.1) is 10.8 Å². The quantitative estimate of drug-likeness (QED) is 0.326. The van der Waals surface area contributed by atoms with E-state index in [1.807, 2.05) is 49.4 Å². The van der Waals surface area contributed by atoms with Gasteiger partial charge in [-0.25, -0.2) is 0 Å². The second kappa shape index (κ2) is 8.72. The van der Waals surface area contributed by atoms with Crippen LogP contribution in [0.4, 0.5) is 0 Å². The first-order valence-corrected chi connectivity index (χ1v) is 11.4. The van der Waals surface area contributed by atoms with E-state index in [4.69, 9.17) is 20.9 Å². The van der Waals surface area contributed by atoms with Gasteiger partial charge in [0, 0.05) is 11.6 Å². The van der Waals surface area contributed by atoms with Crippen molar-refractivity contribution in [3.05, 3.63) is 70.8 Å². The van der Waals surface area contributed by atoms with E-state index in [1.165, 1.54) is 17.3 Å². The molecule has 1 aliphatic rings. The molecule has 9 heteroatoms. The van der Waals surface area contributed by atoms with Crippen LogP contribution in [0.3, 0.4) is 0 Å². The Kier molecular flexibility index (Phi) is 5.65. The highest BCUT2D eigenvalue weighted by Crippen LogP contribution is 2.39. The monoisotopic (exact) mass is 453 g/mol. The minimum Gasteiger partial charge on any atom is -0.484 e. The van der Waals surface area contributed by atoms with Crippen LogP contribution in [0.1, 0.15) is 36.2 Å². The molecule has 0 saturated heterocycles. The molecule has 0 unspecified atom stereocenters. The average molecular weight is 454 g/mol. The molecule has 0 aliphatic heterocycles. The zero-order valence-corrected chi connectivity index (χ0v) is 18.4. The number of ether oxygens (including phenoxy) is 1. The number of rotatable bonds is 8. The molecule has 1 aliphatic carbocycles. The van der Waals surface area contributed by atoms with E-state index in [0.717, 1.165) is 29.4 Å². The number of hydrogen-bond acceptors (Lipinski definition) is 7. The summed E-state index contributed by atoms with van der Waals surface area (Å²) in [4.78, 5) is 4.51. The predicted molar refractivity (Wildman–Crippen MR) is 118 cm³/mol. The standard InChI is InChI=1S/C22H20ClN5O2S/c1-14-6-8-15(9-7-14)21-24-20(30-27-21)13-31-22-26-25-19(28(22)16-10-11-16)12-29-18-5-3-2-4-17(18)23/h2-9,16H,10-13H2,1H3. The second-order valence-corrected chi connectivity index (χ2v) is 8.74. The summed E-state index contributed by atoms with van der Waals surface area (Å²) >= 11 is 7.72. The van der Waals surface area contributed by atoms with Gasteiger partial charge in [0.25, 0.3) is 0 Å². The summed E-state index contributed by atoms with van der Waals surface area (Å²) in [5.41, 5.74) is 2.13. The number of aryl methyl sites for hydroxylation is 1. The first-order valence-electron chi connectivity index (χ1n) is 10.0. The van der Waals surface area contributed by atoms with Crippen molar-refractivity contribution in [2.75, 3.05) is 0 Å². The highest BCUT2D eigenvalue weighted by atomic mass is 35.5. The predicted octanol–water partition coefficient (Wildman–Crippen LogP) is 5.50. The van der Waals surface area contributed by atoms with Crippen molar-refractivity contribution >= 4 is 23.4 Å². The molecule has 0 bridgehead atoms. The van der Waals surface area contributed by atoms with Crippen LogP contribution in [0, 0.1) is 6.92 Å². The molecule has 1 saturated carbocycles. The van der Waals surface area contributed by atoms with Gasteiger partial charge in [-0.3, -0.25) is 4.57 Å². The topological polar surface area (TPSA) is 78.9 Å². The number of halogens is 1. The molecule has 158 valence electrons. The number of benzene rings is 2. The van der Waals surface area contributed by atoms with Crippen molar-refractivity contribution in [3.8, 4) is 17.1 Å². The van der Waals surface area contributed by atoms with Crippen LogP contribution in [0.25, 0.3) is 11.4 Å². The summed E-state index contributed by atoms with van der Waals surface area (Å²) < 4.78 is 13.5. The maximum absolute atomic E-state index is 6.19. The number of hydrogen-bond donors (Lipinski definition) is 0. The molecule has 0 N–H and O–H groups in total. The highest BCUT2D eigenvalue weighted by molar-refractivity contribution is 7.98. The van der Waals surface area contributed by atoms with Gasteiger partial charge in [-0.2, -0.15) is 4.98 Å². The smallest absolute Gasteiger partial charge is 0.237 e. The van der Waals surface area contributed by atoms with Gasteiger partial charge >= 0.3 is 0 Å². The van der Waals surface area contributed by atoms with E-state index in [2.05, 4.69) is 24.9 Å². The molecule has 0 amide bonds. The molecule has 31 heavy (non-hydrogen) atoms. The summed E-state index contributed by atoms with van der Waals surface area (Å²) in [6.07, 6.45) is 2.23. The molecular weight excluding hydrogens is 434 g/mol. The average Bonchev–Trinajstić information content (AvgIpc) is 3.36. The fourth-order valence-electron chi connectivity index (χ4n) is 3.17. The molecular formula is C22H20ClN5O2S. The third kappa shape index (κ3) is 4.60. The van der Waals surface area contributed by atoms with E-state index in [-0.39, 0.29) is 0 Å². The minimum absolute atomic E-state index is 0.311. The third-order valence-corrected chi connectivity index (χ3v) is 6.18. The van der Waals surface area contributed by atoms with Gasteiger partial charge in [-0.1, -0.05) is 70.5 Å². The lowest BCUT2D eigenvalue weighted by molar-refractivity contribution is 0.288. The van der Waals surface area contributed by atoms with Crippen molar-refractivity contribution in [2.45, 2.75) is 43.3 Å². The molecule has 7 nitrogen and oxygen atoms in total. The van der Waals surface area contributed by atoms with E-state index in [9.17, 15) is 0 Å². The largest absolute Gasteiger partial charge is 0.484 e. The molecule has 5 rings (SSSR count). The molecule has 0 spiro atoms.